The third-order valence-corrected chi connectivity index (χ3v) is 5.08. The Balaban J connectivity index is 1.53. The van der Waals surface area contributed by atoms with Crippen LogP contribution in [-0.4, -0.2) is 22.2 Å². The molecule has 0 unspecified atom stereocenters. The highest BCUT2D eigenvalue weighted by molar-refractivity contribution is 6.40. The number of nitrogens with zero attached hydrogens (tertiary/aromatic N) is 2. The lowest BCUT2D eigenvalue weighted by Crippen LogP contribution is -2.25. The Labute approximate surface area is 184 Å². The van der Waals surface area contributed by atoms with Gasteiger partial charge in [-0.1, -0.05) is 46.9 Å². The zero-order valence-corrected chi connectivity index (χ0v) is 18.1. The Hall–Kier alpha value is -2.21. The van der Waals surface area contributed by atoms with Crippen LogP contribution in [0, 0.1) is 6.92 Å². The largest absolute Gasteiger partial charge is 0.486 e. The molecule has 0 atom stereocenters. The molecule has 8 heteroatoms. The monoisotopic (exact) mass is 451 g/mol. The van der Waals surface area contributed by atoms with Crippen LogP contribution in [0.4, 0.5) is 0 Å². The number of amides is 1. The van der Waals surface area contributed by atoms with Gasteiger partial charge in [-0.3, -0.25) is 9.48 Å². The van der Waals surface area contributed by atoms with Gasteiger partial charge >= 0.3 is 0 Å². The minimum absolute atomic E-state index is 0.133. The fourth-order valence-electron chi connectivity index (χ4n) is 2.79. The van der Waals surface area contributed by atoms with E-state index in [4.69, 9.17) is 39.5 Å². The summed E-state index contributed by atoms with van der Waals surface area (Å²) in [6.07, 6.45) is 2.57. The molecule has 0 spiro atoms. The molecule has 152 valence electrons. The smallest absolute Gasteiger partial charge is 0.251 e. The van der Waals surface area contributed by atoms with Crippen molar-refractivity contribution in [1.29, 1.82) is 0 Å². The highest BCUT2D eigenvalue weighted by Crippen LogP contribution is 2.36. The average Bonchev–Trinajstić information content (AvgIpc) is 3.09. The number of carbonyl (C=O) groups excluding carboxylic acids is 1. The minimum Gasteiger partial charge on any atom is -0.486 e. The Morgan fingerprint density at radius 2 is 1.90 bits per heavy atom. The Morgan fingerprint density at radius 1 is 1.14 bits per heavy atom. The van der Waals surface area contributed by atoms with E-state index in [1.807, 2.05) is 29.8 Å². The van der Waals surface area contributed by atoms with Crippen LogP contribution in [0.1, 0.15) is 28.0 Å². The first-order valence-electron chi connectivity index (χ1n) is 9.07. The molecule has 1 amide bonds. The number of halogens is 3. The number of hydrogen-bond acceptors (Lipinski definition) is 3. The Kier molecular flexibility index (Phi) is 7.42. The maximum atomic E-state index is 12.4. The van der Waals surface area contributed by atoms with Gasteiger partial charge in [0.25, 0.3) is 5.91 Å². The summed E-state index contributed by atoms with van der Waals surface area (Å²) in [5, 5.41) is 8.27. The van der Waals surface area contributed by atoms with E-state index in [2.05, 4.69) is 10.4 Å². The molecule has 0 radical (unpaired) electrons. The van der Waals surface area contributed by atoms with Gasteiger partial charge in [0, 0.05) is 35.6 Å². The summed E-state index contributed by atoms with van der Waals surface area (Å²) >= 11 is 18.2. The molecule has 0 saturated heterocycles. The number of ether oxygens (including phenoxy) is 1. The highest BCUT2D eigenvalue weighted by atomic mass is 35.5. The first-order chi connectivity index (χ1) is 13.9. The van der Waals surface area contributed by atoms with Crippen molar-refractivity contribution in [2.24, 2.45) is 0 Å². The second-order valence-corrected chi connectivity index (χ2v) is 7.74. The van der Waals surface area contributed by atoms with Gasteiger partial charge in [0.05, 0.1) is 10.0 Å². The van der Waals surface area contributed by atoms with Crippen molar-refractivity contribution in [3.63, 3.8) is 0 Å². The van der Waals surface area contributed by atoms with E-state index >= 15 is 0 Å². The third kappa shape index (κ3) is 5.89. The average molecular weight is 453 g/mol. The van der Waals surface area contributed by atoms with Crippen molar-refractivity contribution in [2.75, 3.05) is 6.54 Å². The van der Waals surface area contributed by atoms with Gasteiger partial charge in [0.2, 0.25) is 0 Å². The lowest BCUT2D eigenvalue weighted by molar-refractivity contribution is 0.0952. The van der Waals surface area contributed by atoms with Gasteiger partial charge < -0.3 is 10.1 Å². The first-order valence-corrected chi connectivity index (χ1v) is 10.2. The van der Waals surface area contributed by atoms with Crippen molar-refractivity contribution >= 4 is 40.7 Å². The number of hydrogen-bond donors (Lipinski definition) is 1. The van der Waals surface area contributed by atoms with Gasteiger partial charge in [-0.2, -0.15) is 5.10 Å². The van der Waals surface area contributed by atoms with Crippen LogP contribution < -0.4 is 10.1 Å². The molecule has 1 N–H and O–H groups in total. The van der Waals surface area contributed by atoms with Crippen LogP contribution in [0.5, 0.6) is 5.75 Å². The lowest BCUT2D eigenvalue weighted by atomic mass is 10.1. The molecule has 1 aromatic heterocycles. The van der Waals surface area contributed by atoms with Crippen LogP contribution in [0.15, 0.2) is 48.7 Å². The molecule has 1 heterocycles. The molecule has 3 aromatic rings. The maximum absolute atomic E-state index is 12.4. The summed E-state index contributed by atoms with van der Waals surface area (Å²) in [4.78, 5) is 12.4. The van der Waals surface area contributed by atoms with Crippen LogP contribution in [0.3, 0.4) is 0 Å². The third-order valence-electron chi connectivity index (χ3n) is 4.30. The zero-order valence-electron chi connectivity index (χ0n) is 15.8. The number of rotatable bonds is 8. The number of aromatic nitrogens is 2. The van der Waals surface area contributed by atoms with Crippen LogP contribution in [0.2, 0.25) is 15.1 Å². The molecule has 2 aromatic carbocycles. The second kappa shape index (κ2) is 10.0. The van der Waals surface area contributed by atoms with E-state index in [-0.39, 0.29) is 12.5 Å². The fraction of sp³-hybridized carbons (Fsp3) is 0.238. The van der Waals surface area contributed by atoms with E-state index in [1.165, 1.54) is 0 Å². The summed E-state index contributed by atoms with van der Waals surface area (Å²) < 4.78 is 7.64. The Morgan fingerprint density at radius 3 is 2.59 bits per heavy atom. The molecule has 0 aliphatic rings. The molecule has 0 fully saturated rings. The molecule has 3 rings (SSSR count). The number of nitrogens with one attached hydrogen (secondary N) is 1. The molecule has 5 nitrogen and oxygen atoms in total. The summed E-state index contributed by atoms with van der Waals surface area (Å²) in [7, 11) is 0. The second-order valence-electron chi connectivity index (χ2n) is 6.49. The van der Waals surface area contributed by atoms with E-state index in [0.29, 0.717) is 32.9 Å². The van der Waals surface area contributed by atoms with Crippen molar-refractivity contribution in [1.82, 2.24) is 15.1 Å². The van der Waals surface area contributed by atoms with Gasteiger partial charge in [-0.25, -0.2) is 0 Å². The Bertz CT molecular complexity index is 981. The van der Waals surface area contributed by atoms with Gasteiger partial charge in [0.15, 0.2) is 5.75 Å². The van der Waals surface area contributed by atoms with Crippen LogP contribution >= 0.6 is 34.8 Å². The maximum Gasteiger partial charge on any atom is 0.251 e. The quantitative estimate of drug-likeness (QED) is 0.456. The number of aryl methyl sites for hydroxylation is 2. The van der Waals surface area contributed by atoms with E-state index in [0.717, 1.165) is 24.2 Å². The zero-order chi connectivity index (χ0) is 20.8. The summed E-state index contributed by atoms with van der Waals surface area (Å²) in [5.41, 5.74) is 2.49. The minimum atomic E-state index is -0.133. The van der Waals surface area contributed by atoms with E-state index in [9.17, 15) is 4.79 Å². The highest BCUT2D eigenvalue weighted by Gasteiger charge is 2.11. The molecular weight excluding hydrogens is 433 g/mol. The standard InChI is InChI=1S/C21H20Cl3N3O2/c1-14-6-8-26-27(14)9-3-7-25-21(28)16-5-2-4-15(10-16)13-29-20-18(23)11-17(22)12-19(20)24/h2,4-6,8,10-12H,3,7,9,13H2,1H3,(H,25,28). The van der Waals surface area contributed by atoms with Crippen LogP contribution in [0.25, 0.3) is 0 Å². The molecule has 0 saturated carbocycles. The van der Waals surface area contributed by atoms with E-state index in [1.54, 1.807) is 30.5 Å². The van der Waals surface area contributed by atoms with Crippen LogP contribution in [-0.2, 0) is 13.2 Å². The van der Waals surface area contributed by atoms with Gasteiger partial charge in [-0.15, -0.1) is 0 Å². The number of carbonyl (C=O) groups is 1. The van der Waals surface area contributed by atoms with Gasteiger partial charge in [0.1, 0.15) is 6.61 Å². The predicted octanol–water partition coefficient (Wildman–Crippen LogP) is 5.55. The van der Waals surface area contributed by atoms with Crippen molar-refractivity contribution in [3.05, 3.63) is 80.6 Å². The topological polar surface area (TPSA) is 56.2 Å². The predicted molar refractivity (Wildman–Crippen MR) is 116 cm³/mol. The lowest BCUT2D eigenvalue weighted by Gasteiger charge is -2.11. The fourth-order valence-corrected chi connectivity index (χ4v) is 3.72. The van der Waals surface area contributed by atoms with Gasteiger partial charge in [-0.05, 0) is 49.2 Å². The molecule has 0 bridgehead atoms. The molecule has 0 aliphatic carbocycles. The first kappa shape index (κ1) is 21.5. The summed E-state index contributed by atoms with van der Waals surface area (Å²) in [5.74, 6) is 0.230. The normalized spacial score (nSPS) is 10.8. The summed E-state index contributed by atoms with van der Waals surface area (Å²) in [6.45, 7) is 3.55. The molecule has 29 heavy (non-hydrogen) atoms. The van der Waals surface area contributed by atoms with Crippen molar-refractivity contribution < 1.29 is 9.53 Å². The number of benzene rings is 2. The van der Waals surface area contributed by atoms with Crippen molar-refractivity contribution in [3.8, 4) is 5.75 Å². The van der Waals surface area contributed by atoms with E-state index < -0.39 is 0 Å². The SMILES string of the molecule is Cc1ccnn1CCCNC(=O)c1cccc(COc2c(Cl)cc(Cl)cc2Cl)c1. The molecular formula is C21H20Cl3N3O2. The molecule has 0 aliphatic heterocycles. The summed E-state index contributed by atoms with van der Waals surface area (Å²) in [6, 6.07) is 12.3. The van der Waals surface area contributed by atoms with Crippen molar-refractivity contribution in [2.45, 2.75) is 26.5 Å².